The van der Waals surface area contributed by atoms with Crippen LogP contribution in [0.3, 0.4) is 0 Å². The second-order valence-corrected chi connectivity index (χ2v) is 4.13. The molecular weight excluding hydrogens is 517 g/mol. The smallest absolute Gasteiger partial charge is 0.253 e. The normalized spacial score (nSPS) is 8.79. The van der Waals surface area contributed by atoms with Crippen LogP contribution in [0, 0.1) is 36.0 Å². The van der Waals surface area contributed by atoms with Crippen molar-refractivity contribution in [1.29, 1.82) is 0 Å². The third-order valence-electron chi connectivity index (χ3n) is 3.03. The van der Waals surface area contributed by atoms with Gasteiger partial charge in [-0.05, 0) is 0 Å². The van der Waals surface area contributed by atoms with Crippen molar-refractivity contribution in [3.05, 3.63) is 52.9 Å². The number of benzene rings is 1. The summed E-state index contributed by atoms with van der Waals surface area (Å²) in [5.41, 5.74) is -0.851. The Morgan fingerprint density at radius 3 is 1.54 bits per heavy atom. The Balaban J connectivity index is -0.000000400. The van der Waals surface area contributed by atoms with E-state index in [9.17, 15) is 22.0 Å². The molecule has 0 aliphatic carbocycles. The fourth-order valence-corrected chi connectivity index (χ4v) is 1.73. The van der Waals surface area contributed by atoms with Gasteiger partial charge in [0.15, 0.2) is 23.3 Å². The molecule has 1 aromatic heterocycles. The van der Waals surface area contributed by atoms with Crippen molar-refractivity contribution in [2.24, 2.45) is 7.05 Å². The van der Waals surface area contributed by atoms with Gasteiger partial charge in [0.25, 0.3) is 5.82 Å². The molecule has 1 radical (unpaired) electrons. The molecule has 0 atom stereocenters. The third-order valence-corrected chi connectivity index (χ3v) is 3.03. The average Bonchev–Trinajstić information content (AvgIpc) is 2.71. The van der Waals surface area contributed by atoms with E-state index in [1.165, 1.54) is 10.8 Å². The third kappa shape index (κ3) is 5.04. The Morgan fingerprint density at radius 1 is 0.833 bits per heavy atom. The second kappa shape index (κ2) is 11.2. The van der Waals surface area contributed by atoms with Crippen LogP contribution in [0.1, 0.15) is 11.4 Å². The maximum absolute atomic E-state index is 13.5. The van der Waals surface area contributed by atoms with E-state index in [0.717, 1.165) is 0 Å². The predicted molar refractivity (Wildman–Crippen MR) is 58.4 cm³/mol. The van der Waals surface area contributed by atoms with Gasteiger partial charge in [-0.25, -0.2) is 31.1 Å². The van der Waals surface area contributed by atoms with Crippen LogP contribution in [0.15, 0.2) is 12.4 Å². The predicted octanol–water partition coefficient (Wildman–Crippen LogP) is 1.89. The fraction of sp³-hybridized carbons (Fsp3) is 0.250. The minimum atomic E-state index is -2.14. The molecule has 0 amide bonds. The molecule has 0 aliphatic heterocycles. The Bertz CT molecular complexity index is 640. The average molecular weight is 527 g/mol. The van der Waals surface area contributed by atoms with Crippen LogP contribution in [0.4, 0.5) is 22.0 Å². The van der Waals surface area contributed by atoms with E-state index in [1.54, 1.807) is 24.7 Å². The zero-order valence-corrected chi connectivity index (χ0v) is 14.9. The molecule has 24 heavy (non-hydrogen) atoms. The standard InChI is InChI=1S/C12H10F5N2.4O.Re/c1-6-18(2)3-4-19(6)5-7-8(13)10(15)12(17)11(16)9(7)14;;;;;/h3-4H,5H2,1-2H3;;;;;/q+1;4*-2;. The molecule has 0 saturated heterocycles. The molecule has 2 aromatic rings. The molecule has 141 valence electrons. The number of hydrogen-bond acceptors (Lipinski definition) is 0. The first-order valence-electron chi connectivity index (χ1n) is 5.36. The van der Waals surface area contributed by atoms with Gasteiger partial charge in [0.05, 0.1) is 12.6 Å². The number of aryl methyl sites for hydroxylation is 1. The second-order valence-electron chi connectivity index (χ2n) is 4.13. The van der Waals surface area contributed by atoms with Gasteiger partial charge in [0.1, 0.15) is 18.9 Å². The molecule has 0 bridgehead atoms. The van der Waals surface area contributed by atoms with Crippen molar-refractivity contribution < 1.29 is 68.8 Å². The van der Waals surface area contributed by atoms with Gasteiger partial charge < -0.3 is 21.9 Å². The molecule has 1 heterocycles. The van der Waals surface area contributed by atoms with Gasteiger partial charge in [0.2, 0.25) is 5.82 Å². The summed E-state index contributed by atoms with van der Waals surface area (Å²) >= 11 is 0. The zero-order chi connectivity index (χ0) is 14.3. The fourth-order valence-electron chi connectivity index (χ4n) is 1.73. The number of aromatic nitrogens is 2. The largest absolute Gasteiger partial charge is 2.00 e. The van der Waals surface area contributed by atoms with Crippen LogP contribution in [-0.4, -0.2) is 4.57 Å². The summed E-state index contributed by atoms with van der Waals surface area (Å²) in [5, 5.41) is 0. The van der Waals surface area contributed by atoms with Crippen LogP contribution < -0.4 is 4.57 Å². The molecule has 12 heteroatoms. The van der Waals surface area contributed by atoms with E-state index in [2.05, 4.69) is 0 Å². The molecule has 0 N–H and O–H groups in total. The Hall–Kier alpha value is -1.42. The number of nitrogens with zero attached hydrogens (tertiary/aromatic N) is 2. The zero-order valence-electron chi connectivity index (χ0n) is 12.2. The molecule has 1 aromatic carbocycles. The number of imidazole rings is 1. The van der Waals surface area contributed by atoms with Gasteiger partial charge in [-0.3, -0.25) is 0 Å². The van der Waals surface area contributed by atoms with Gasteiger partial charge in [0, 0.05) is 27.3 Å². The molecule has 2 rings (SSSR count). The van der Waals surface area contributed by atoms with Crippen molar-refractivity contribution in [1.82, 2.24) is 4.57 Å². The maximum atomic E-state index is 13.5. The van der Waals surface area contributed by atoms with E-state index >= 15 is 0 Å². The number of rotatable bonds is 2. The summed E-state index contributed by atoms with van der Waals surface area (Å²) in [4.78, 5) is 0. The summed E-state index contributed by atoms with van der Waals surface area (Å²) in [6, 6.07) is 0. The summed E-state index contributed by atoms with van der Waals surface area (Å²) in [6.07, 6.45) is 3.11. The van der Waals surface area contributed by atoms with Crippen molar-refractivity contribution in [2.75, 3.05) is 0 Å². The summed E-state index contributed by atoms with van der Waals surface area (Å²) in [6.45, 7) is 1.23. The summed E-state index contributed by atoms with van der Waals surface area (Å²) in [5.74, 6) is -8.98. The van der Waals surface area contributed by atoms with Crippen LogP contribution in [-0.2, 0) is 55.9 Å². The van der Waals surface area contributed by atoms with Gasteiger partial charge in [-0.1, -0.05) is 0 Å². The van der Waals surface area contributed by atoms with Crippen molar-refractivity contribution >= 4 is 0 Å². The van der Waals surface area contributed by atoms with Crippen molar-refractivity contribution in [2.45, 2.75) is 13.5 Å². The monoisotopic (exact) mass is 528 g/mol. The van der Waals surface area contributed by atoms with Crippen LogP contribution >= 0.6 is 0 Å². The van der Waals surface area contributed by atoms with E-state index in [4.69, 9.17) is 0 Å². The van der Waals surface area contributed by atoms with E-state index < -0.39 is 41.2 Å². The molecule has 0 unspecified atom stereocenters. The van der Waals surface area contributed by atoms with Gasteiger partial charge in [-0.2, -0.15) is 0 Å². The SMILES string of the molecule is Cc1n(Cc2c(F)c(F)c(F)c(F)c2F)cc[n+]1C.[O-2].[O-2].[O-2].[O-2].[Re]. The number of halogens is 5. The minimum absolute atomic E-state index is 0. The molecule has 6 nitrogen and oxygen atoms in total. The molecule has 0 fully saturated rings. The number of hydrogen-bond donors (Lipinski definition) is 0. The van der Waals surface area contributed by atoms with Crippen molar-refractivity contribution in [3.63, 3.8) is 0 Å². The molecular formula is C12H10F5N2O4Re-7. The first-order chi connectivity index (χ1) is 8.84. The van der Waals surface area contributed by atoms with Crippen LogP contribution in [0.25, 0.3) is 0 Å². The van der Waals surface area contributed by atoms with Crippen molar-refractivity contribution in [3.8, 4) is 0 Å². The van der Waals surface area contributed by atoms with Crippen LogP contribution in [0.5, 0.6) is 0 Å². The van der Waals surface area contributed by atoms with E-state index in [0.29, 0.717) is 5.82 Å². The summed E-state index contributed by atoms with van der Waals surface area (Å²) < 4.78 is 69.0. The first kappa shape index (κ1) is 30.5. The molecule has 0 spiro atoms. The Morgan fingerprint density at radius 2 is 1.21 bits per heavy atom. The maximum Gasteiger partial charge on any atom is 0.253 e. The Kier molecular flexibility index (Phi) is 14.2. The summed E-state index contributed by atoms with van der Waals surface area (Å²) in [7, 11) is 1.70. The van der Waals surface area contributed by atoms with Crippen LogP contribution in [0.2, 0.25) is 0 Å². The van der Waals surface area contributed by atoms with E-state index in [1.807, 2.05) is 0 Å². The first-order valence-corrected chi connectivity index (χ1v) is 5.36. The van der Waals surface area contributed by atoms with E-state index in [-0.39, 0.29) is 42.3 Å². The van der Waals surface area contributed by atoms with Gasteiger partial charge in [-0.15, -0.1) is 0 Å². The minimum Gasteiger partial charge on any atom is -2.00 e. The topological polar surface area (TPSA) is 123 Å². The van der Waals surface area contributed by atoms with Gasteiger partial charge >= 0.3 is 0 Å². The molecule has 0 saturated carbocycles. The molecule has 0 aliphatic rings. The quantitative estimate of drug-likeness (QED) is 0.245. The Labute approximate surface area is 147 Å².